The van der Waals surface area contributed by atoms with Gasteiger partial charge in [0, 0.05) is 30.5 Å². The number of hydrogen-bond donors (Lipinski definition) is 1. The molecular formula is C22H29N3O3. The zero-order chi connectivity index (χ0) is 19.3. The quantitative estimate of drug-likeness (QED) is 0.831. The second kappa shape index (κ2) is 8.69. The minimum atomic E-state index is -0.0555. The van der Waals surface area contributed by atoms with Gasteiger partial charge in [0.1, 0.15) is 11.5 Å². The van der Waals surface area contributed by atoms with Crippen LogP contribution in [0.1, 0.15) is 37.2 Å². The van der Waals surface area contributed by atoms with E-state index in [0.29, 0.717) is 6.54 Å². The lowest BCUT2D eigenvalue weighted by Crippen LogP contribution is -2.41. The van der Waals surface area contributed by atoms with Crippen molar-refractivity contribution in [1.29, 1.82) is 0 Å². The number of anilines is 2. The van der Waals surface area contributed by atoms with Crippen molar-refractivity contribution in [1.82, 2.24) is 4.90 Å². The number of ether oxygens (including phenoxy) is 1. The van der Waals surface area contributed by atoms with E-state index in [1.165, 1.54) is 18.5 Å². The summed E-state index contributed by atoms with van der Waals surface area (Å²) in [6, 6.07) is 12.2. The molecule has 6 heteroatoms. The molecule has 2 aromatic rings. The summed E-state index contributed by atoms with van der Waals surface area (Å²) in [5.41, 5.74) is 1.99. The number of hydrogen-bond acceptors (Lipinski definition) is 4. The van der Waals surface area contributed by atoms with Crippen molar-refractivity contribution in [2.75, 3.05) is 36.5 Å². The van der Waals surface area contributed by atoms with E-state index in [9.17, 15) is 4.79 Å². The molecule has 1 saturated carbocycles. The fourth-order valence-corrected chi connectivity index (χ4v) is 4.09. The number of benzene rings is 1. The zero-order valence-electron chi connectivity index (χ0n) is 16.5. The van der Waals surface area contributed by atoms with Gasteiger partial charge in [0.25, 0.3) is 0 Å². The van der Waals surface area contributed by atoms with Gasteiger partial charge < -0.3 is 24.3 Å². The number of nitrogens with one attached hydrogen (secondary N) is 1. The second-order valence-electron chi connectivity index (χ2n) is 7.65. The van der Waals surface area contributed by atoms with Crippen LogP contribution >= 0.6 is 0 Å². The number of furan rings is 1. The van der Waals surface area contributed by atoms with Gasteiger partial charge in [0.15, 0.2) is 0 Å². The average molecular weight is 383 g/mol. The third-order valence-electron chi connectivity index (χ3n) is 5.64. The highest BCUT2D eigenvalue weighted by atomic mass is 16.5. The molecule has 4 rings (SSSR count). The first kappa shape index (κ1) is 18.9. The van der Waals surface area contributed by atoms with Gasteiger partial charge in [-0.3, -0.25) is 0 Å². The van der Waals surface area contributed by atoms with Crippen molar-refractivity contribution < 1.29 is 13.9 Å². The molecule has 28 heavy (non-hydrogen) atoms. The largest absolute Gasteiger partial charge is 0.464 e. The molecule has 0 bridgehead atoms. The summed E-state index contributed by atoms with van der Waals surface area (Å²) in [6.45, 7) is 5.78. The SMILES string of the molecule is Cc1ccc(CN(C(=O)Nc2ccc(N3CCOCC3)cc2)C2CCCC2)o1. The molecule has 1 N–H and O–H groups in total. The predicted molar refractivity (Wildman–Crippen MR) is 110 cm³/mol. The highest BCUT2D eigenvalue weighted by Gasteiger charge is 2.27. The summed E-state index contributed by atoms with van der Waals surface area (Å²) in [6.07, 6.45) is 4.48. The van der Waals surface area contributed by atoms with Gasteiger partial charge in [0.05, 0.1) is 19.8 Å². The molecule has 1 aliphatic carbocycles. The maximum Gasteiger partial charge on any atom is 0.322 e. The summed E-state index contributed by atoms with van der Waals surface area (Å²) < 4.78 is 11.1. The molecule has 2 amide bonds. The molecule has 1 aromatic carbocycles. The van der Waals surface area contributed by atoms with Gasteiger partial charge in [0.2, 0.25) is 0 Å². The molecule has 0 atom stereocenters. The van der Waals surface area contributed by atoms with Gasteiger partial charge >= 0.3 is 6.03 Å². The smallest absolute Gasteiger partial charge is 0.322 e. The Morgan fingerprint density at radius 1 is 1.11 bits per heavy atom. The van der Waals surface area contributed by atoms with E-state index in [-0.39, 0.29) is 12.1 Å². The zero-order valence-corrected chi connectivity index (χ0v) is 16.5. The van der Waals surface area contributed by atoms with Gasteiger partial charge in [-0.15, -0.1) is 0 Å². The van der Waals surface area contributed by atoms with Gasteiger partial charge in [-0.1, -0.05) is 12.8 Å². The number of rotatable bonds is 5. The van der Waals surface area contributed by atoms with Crippen molar-refractivity contribution in [2.45, 2.75) is 45.2 Å². The van der Waals surface area contributed by atoms with Crippen LogP contribution in [-0.4, -0.2) is 43.3 Å². The minimum absolute atomic E-state index is 0.0555. The number of amides is 2. The van der Waals surface area contributed by atoms with Crippen molar-refractivity contribution in [3.63, 3.8) is 0 Å². The Balaban J connectivity index is 1.42. The van der Waals surface area contributed by atoms with Crippen LogP contribution in [0.2, 0.25) is 0 Å². The van der Waals surface area contributed by atoms with Crippen molar-refractivity contribution in [2.24, 2.45) is 0 Å². The fourth-order valence-electron chi connectivity index (χ4n) is 4.09. The average Bonchev–Trinajstić information content (AvgIpc) is 3.39. The first-order chi connectivity index (χ1) is 13.7. The molecule has 2 aliphatic rings. The molecule has 6 nitrogen and oxygen atoms in total. The highest BCUT2D eigenvalue weighted by Crippen LogP contribution is 2.27. The van der Waals surface area contributed by atoms with Gasteiger partial charge in [-0.05, 0) is 56.2 Å². The van der Waals surface area contributed by atoms with Crippen LogP contribution in [-0.2, 0) is 11.3 Å². The molecular weight excluding hydrogens is 354 g/mol. The summed E-state index contributed by atoms with van der Waals surface area (Å²) >= 11 is 0. The molecule has 1 saturated heterocycles. The molecule has 0 radical (unpaired) electrons. The van der Waals surface area contributed by atoms with Crippen LogP contribution in [0.25, 0.3) is 0 Å². The molecule has 2 fully saturated rings. The Hall–Kier alpha value is -2.47. The summed E-state index contributed by atoms with van der Waals surface area (Å²) in [5, 5.41) is 3.08. The third kappa shape index (κ3) is 4.50. The topological polar surface area (TPSA) is 58.0 Å². The molecule has 1 aromatic heterocycles. The summed E-state index contributed by atoms with van der Waals surface area (Å²) in [5.74, 6) is 1.71. The Morgan fingerprint density at radius 3 is 2.46 bits per heavy atom. The number of aryl methyl sites for hydroxylation is 1. The Bertz CT molecular complexity index is 775. The molecule has 2 heterocycles. The summed E-state index contributed by atoms with van der Waals surface area (Å²) in [7, 11) is 0. The highest BCUT2D eigenvalue weighted by molar-refractivity contribution is 5.89. The number of morpholine rings is 1. The standard InChI is InChI=1S/C22H29N3O3/c1-17-6-11-21(28-17)16-25(20-4-2-3-5-20)22(26)23-18-7-9-19(10-8-18)24-12-14-27-15-13-24/h6-11,20H,2-5,12-16H2,1H3,(H,23,26). The van der Waals surface area contributed by atoms with Gasteiger partial charge in [-0.25, -0.2) is 4.79 Å². The summed E-state index contributed by atoms with van der Waals surface area (Å²) in [4.78, 5) is 17.3. The Kier molecular flexibility index (Phi) is 5.86. The third-order valence-corrected chi connectivity index (χ3v) is 5.64. The van der Waals surface area contributed by atoms with Crippen molar-refractivity contribution >= 4 is 17.4 Å². The first-order valence-electron chi connectivity index (χ1n) is 10.2. The van der Waals surface area contributed by atoms with Crippen LogP contribution in [0, 0.1) is 6.92 Å². The number of carbonyl (C=O) groups is 1. The predicted octanol–water partition coefficient (Wildman–Crippen LogP) is 4.40. The minimum Gasteiger partial charge on any atom is -0.464 e. The van der Waals surface area contributed by atoms with E-state index >= 15 is 0 Å². The number of carbonyl (C=O) groups excluding carboxylic acids is 1. The van der Waals surface area contributed by atoms with E-state index in [2.05, 4.69) is 22.3 Å². The van der Waals surface area contributed by atoms with E-state index in [4.69, 9.17) is 9.15 Å². The molecule has 150 valence electrons. The number of urea groups is 1. The first-order valence-corrected chi connectivity index (χ1v) is 10.2. The lowest BCUT2D eigenvalue weighted by atomic mass is 10.2. The maximum absolute atomic E-state index is 13.0. The lowest BCUT2D eigenvalue weighted by molar-refractivity contribution is 0.122. The lowest BCUT2D eigenvalue weighted by Gasteiger charge is -2.29. The number of nitrogens with zero attached hydrogens (tertiary/aromatic N) is 2. The fraction of sp³-hybridized carbons (Fsp3) is 0.500. The normalized spacial score (nSPS) is 17.7. The Labute approximate surface area is 166 Å². The molecule has 1 aliphatic heterocycles. The maximum atomic E-state index is 13.0. The van der Waals surface area contributed by atoms with Gasteiger partial charge in [-0.2, -0.15) is 0 Å². The van der Waals surface area contributed by atoms with Crippen LogP contribution in [0.15, 0.2) is 40.8 Å². The second-order valence-corrected chi connectivity index (χ2v) is 7.65. The van der Waals surface area contributed by atoms with E-state index in [1.54, 1.807) is 0 Å². The molecule has 0 spiro atoms. The molecule has 0 unspecified atom stereocenters. The Morgan fingerprint density at radius 2 is 1.82 bits per heavy atom. The van der Waals surface area contributed by atoms with Crippen molar-refractivity contribution in [3.05, 3.63) is 47.9 Å². The van der Waals surface area contributed by atoms with Crippen LogP contribution in [0.3, 0.4) is 0 Å². The van der Waals surface area contributed by atoms with Crippen molar-refractivity contribution in [3.8, 4) is 0 Å². The van der Waals surface area contributed by atoms with Crippen LogP contribution in [0.5, 0.6) is 0 Å². The van der Waals surface area contributed by atoms with Crippen LogP contribution in [0.4, 0.5) is 16.2 Å². The van der Waals surface area contributed by atoms with E-state index in [0.717, 1.165) is 56.4 Å². The monoisotopic (exact) mass is 383 g/mol. The van der Waals surface area contributed by atoms with E-state index in [1.807, 2.05) is 36.1 Å². The van der Waals surface area contributed by atoms with Crippen LogP contribution < -0.4 is 10.2 Å². The van der Waals surface area contributed by atoms with E-state index < -0.39 is 0 Å².